The number of rotatable bonds is 14. The number of primary amides is 1. The number of piperazine rings is 3. The molecule has 5 N–H and O–H groups in total. The number of β-lactam (4-membered cyclic amide) rings is 1. The van der Waals surface area contributed by atoms with Gasteiger partial charge in [0.05, 0.1) is 23.4 Å². The summed E-state index contributed by atoms with van der Waals surface area (Å²) >= 11 is 3.64. The Morgan fingerprint density at radius 1 is 1.08 bits per heavy atom. The van der Waals surface area contributed by atoms with Crippen molar-refractivity contribution < 1.29 is 54.9 Å². The first-order valence-corrected chi connectivity index (χ1v) is 19.3. The Hall–Kier alpha value is -4.14. The van der Waals surface area contributed by atoms with Crippen LogP contribution in [0, 0.1) is 0 Å². The number of carbonyl (C=O) groups excluding carboxylic acids is 4. The van der Waals surface area contributed by atoms with Crippen LogP contribution in [0.5, 0.6) is 0 Å². The number of aromatic nitrogens is 2. The average molecular weight is 806 g/mol. The van der Waals surface area contributed by atoms with E-state index in [9.17, 15) is 28.7 Å². The Balaban J connectivity index is 0.00000481. The summed E-state index contributed by atoms with van der Waals surface area (Å²) in [6.07, 6.45) is 0.708. The summed E-state index contributed by atoms with van der Waals surface area (Å²) in [6.45, 7) is 6.15. The second-order valence-corrected chi connectivity index (χ2v) is 16.6. The smallest absolute Gasteiger partial charge is 0.276 e. The minimum atomic E-state index is -1.50. The lowest BCUT2D eigenvalue weighted by molar-refractivity contribution is -1.08. The van der Waals surface area contributed by atoms with E-state index in [-0.39, 0.29) is 47.2 Å². The highest BCUT2D eigenvalue weighted by Crippen LogP contribution is 2.44. The number of anilines is 1. The number of aliphatic carboxylic acids is 1. The molecule has 3 aromatic rings. The first-order chi connectivity index (χ1) is 25.0. The van der Waals surface area contributed by atoms with Crippen molar-refractivity contribution in [1.29, 1.82) is 0 Å². The van der Waals surface area contributed by atoms with Gasteiger partial charge in [0, 0.05) is 26.8 Å². The van der Waals surface area contributed by atoms with Gasteiger partial charge in [0.25, 0.3) is 17.7 Å². The van der Waals surface area contributed by atoms with Gasteiger partial charge in [-0.25, -0.2) is 14.4 Å². The summed E-state index contributed by atoms with van der Waals surface area (Å²) in [5, 5.41) is 22.3. The Bertz CT molecular complexity index is 1950. The molecule has 20 heteroatoms. The summed E-state index contributed by atoms with van der Waals surface area (Å²) in [7, 11) is 0. The number of thioether (sulfide) groups is 1. The number of thiazole rings is 2. The number of carboxylic acids is 1. The van der Waals surface area contributed by atoms with Gasteiger partial charge in [-0.2, -0.15) is 0 Å². The highest BCUT2D eigenvalue weighted by atomic mass is 35.5. The first kappa shape index (κ1) is 38.6. The van der Waals surface area contributed by atoms with Gasteiger partial charge in [0.1, 0.15) is 70.8 Å². The van der Waals surface area contributed by atoms with Crippen LogP contribution in [0.4, 0.5) is 9.52 Å². The molecule has 3 amide bonds. The molecule has 5 aliphatic rings. The number of oxime groups is 1. The number of carboxylic acid groups (broad SMARTS) is 1. The molecule has 0 aliphatic carbocycles. The van der Waals surface area contributed by atoms with Gasteiger partial charge in [-0.15, -0.1) is 22.7 Å². The molecule has 53 heavy (non-hydrogen) atoms. The molecule has 0 unspecified atom stereocenters. The standard InChI is InChI=1S/C33H36FN9O6S3.ClH/c34-7-14-49-40-26(22-18-50-32(36)37-22)29(45)39-27-23-5-6-24(28(31(47)48)41(23)30(27)46)52-33-38-21(17-51-33)20-3-1-19(2-4-20)15-42-8-11-43(12-9-42,13-10-42)16-25(35)44;/h1-4,17-18,23,27H,5-16H2,(H4-2,35,36,37,39,44,45,47,48);1H/b40-26-;/t23-,27+,42?,43?;/m1./s1. The molecular weight excluding hydrogens is 769 g/mol. The number of nitrogens with zero attached hydrogens (tertiary/aromatic N) is 6. The zero-order chi connectivity index (χ0) is 36.6. The molecule has 4 fully saturated rings. The summed E-state index contributed by atoms with van der Waals surface area (Å²) in [6, 6.07) is 6.72. The minimum Gasteiger partial charge on any atom is -1.00 e. The van der Waals surface area contributed by atoms with E-state index in [1.807, 2.05) is 5.38 Å². The van der Waals surface area contributed by atoms with Crippen molar-refractivity contribution in [1.82, 2.24) is 20.2 Å². The number of nitrogens with one attached hydrogen (secondary N) is 1. The zero-order valence-electron chi connectivity index (χ0n) is 28.4. The van der Waals surface area contributed by atoms with Crippen LogP contribution < -0.4 is 34.3 Å². The summed E-state index contributed by atoms with van der Waals surface area (Å²) in [5.41, 5.74) is 13.7. The second-order valence-electron chi connectivity index (χ2n) is 13.5. The van der Waals surface area contributed by atoms with Gasteiger partial charge in [-0.1, -0.05) is 41.2 Å². The SMILES string of the molecule is NC(=O)C[N+]12CC[N+](Cc3ccc(-c4csc(SC5=C(C(=O)[O-])N6C(=O)[C@@H](NC(=O)/C(=N\OCCF)c7csc(N)n7)[C@H]6CC5)n4)cc3)(CC1)CC2.[Cl-]. The number of alkyl halides is 1. The van der Waals surface area contributed by atoms with Gasteiger partial charge >= 0.3 is 0 Å². The number of hydrogen-bond acceptors (Lipinski definition) is 13. The molecule has 2 atom stereocenters. The maximum atomic E-state index is 13.3. The van der Waals surface area contributed by atoms with Crippen LogP contribution in [0.3, 0.4) is 0 Å². The number of quaternary nitrogens is 2. The maximum Gasteiger partial charge on any atom is 0.276 e. The van der Waals surface area contributed by atoms with Crippen LogP contribution in [0.15, 0.2) is 55.1 Å². The van der Waals surface area contributed by atoms with E-state index in [0.29, 0.717) is 28.6 Å². The number of nitrogens with two attached hydrogens (primary N) is 2. The number of hydrogen-bond donors (Lipinski definition) is 3. The molecule has 5 aliphatic heterocycles. The summed E-state index contributed by atoms with van der Waals surface area (Å²) < 4.78 is 15.1. The first-order valence-electron chi connectivity index (χ1n) is 16.8. The second kappa shape index (κ2) is 15.7. The van der Waals surface area contributed by atoms with E-state index in [1.165, 1.54) is 34.0 Å². The largest absolute Gasteiger partial charge is 1.00 e. The molecule has 2 aromatic heterocycles. The van der Waals surface area contributed by atoms with Gasteiger partial charge in [0.2, 0.25) is 0 Å². The van der Waals surface area contributed by atoms with Crippen molar-refractivity contribution in [2.24, 2.45) is 10.9 Å². The Labute approximate surface area is 322 Å². The predicted molar refractivity (Wildman–Crippen MR) is 190 cm³/mol. The number of halogens is 2. The van der Waals surface area contributed by atoms with E-state index in [1.54, 1.807) is 0 Å². The third kappa shape index (κ3) is 7.90. The van der Waals surface area contributed by atoms with Crippen LogP contribution in [-0.4, -0.2) is 124 Å². The molecule has 7 heterocycles. The van der Waals surface area contributed by atoms with E-state index >= 15 is 0 Å². The van der Waals surface area contributed by atoms with E-state index in [0.717, 1.165) is 82.3 Å². The Morgan fingerprint density at radius 2 is 1.77 bits per heavy atom. The molecule has 2 bridgehead atoms. The van der Waals surface area contributed by atoms with Crippen molar-refractivity contribution in [3.8, 4) is 11.3 Å². The van der Waals surface area contributed by atoms with Crippen LogP contribution in [0.25, 0.3) is 11.3 Å². The van der Waals surface area contributed by atoms with Crippen LogP contribution in [0.2, 0.25) is 0 Å². The minimum absolute atomic E-state index is 0. The molecular formula is C33H37ClFN9O6S3. The van der Waals surface area contributed by atoms with Crippen molar-refractivity contribution in [2.45, 2.75) is 35.8 Å². The van der Waals surface area contributed by atoms with Gasteiger partial charge in [-0.05, 0) is 12.8 Å². The molecule has 1 aromatic carbocycles. The molecule has 8 rings (SSSR count). The quantitative estimate of drug-likeness (QED) is 0.0511. The normalized spacial score (nSPS) is 25.0. The molecule has 4 saturated heterocycles. The van der Waals surface area contributed by atoms with Crippen molar-refractivity contribution in [3.05, 3.63) is 56.9 Å². The predicted octanol–water partition coefficient (Wildman–Crippen LogP) is -2.57. The highest BCUT2D eigenvalue weighted by Gasteiger charge is 2.53. The highest BCUT2D eigenvalue weighted by molar-refractivity contribution is 8.04. The number of nitrogen functional groups attached to an aromatic ring is 1. The fourth-order valence-electron chi connectivity index (χ4n) is 7.53. The topological polar surface area (TPSA) is 206 Å². The van der Waals surface area contributed by atoms with Gasteiger partial charge < -0.3 is 57.8 Å². The van der Waals surface area contributed by atoms with Gasteiger partial charge in [-0.3, -0.25) is 14.4 Å². The molecule has 0 saturated carbocycles. The average Bonchev–Trinajstić information content (AvgIpc) is 3.78. The molecule has 0 spiro atoms. The van der Waals surface area contributed by atoms with Gasteiger partial charge in [0.15, 0.2) is 21.7 Å². The van der Waals surface area contributed by atoms with Crippen molar-refractivity contribution in [2.75, 3.05) is 64.8 Å². The van der Waals surface area contributed by atoms with Crippen LogP contribution >= 0.6 is 34.4 Å². The molecule has 282 valence electrons. The van der Waals surface area contributed by atoms with E-state index < -0.39 is 36.5 Å². The lowest BCUT2D eigenvalue weighted by atomic mass is 9.86. The number of amides is 3. The Kier molecular flexibility index (Phi) is 11.4. The molecule has 0 radical (unpaired) electrons. The lowest BCUT2D eigenvalue weighted by Gasteiger charge is -2.55. The van der Waals surface area contributed by atoms with Crippen molar-refractivity contribution in [3.63, 3.8) is 0 Å². The number of allylic oxidation sites excluding steroid dienone is 1. The van der Waals surface area contributed by atoms with Crippen LogP contribution in [-0.2, 0) is 30.6 Å². The van der Waals surface area contributed by atoms with Crippen LogP contribution in [0.1, 0.15) is 24.1 Å². The number of carbonyl (C=O) groups is 4. The monoisotopic (exact) mass is 805 g/mol. The fourth-order valence-corrected chi connectivity index (χ4v) is 10.1. The third-order valence-electron chi connectivity index (χ3n) is 10.3. The number of fused-ring (bicyclic) bond motifs is 4. The summed E-state index contributed by atoms with van der Waals surface area (Å²) in [5.74, 6) is -3.13. The van der Waals surface area contributed by atoms with E-state index in [2.05, 4.69) is 39.7 Å². The summed E-state index contributed by atoms with van der Waals surface area (Å²) in [4.78, 5) is 65.7. The molecule has 15 nitrogen and oxygen atoms in total. The maximum absolute atomic E-state index is 13.3. The zero-order valence-corrected chi connectivity index (χ0v) is 31.6. The van der Waals surface area contributed by atoms with E-state index in [4.69, 9.17) is 21.3 Å². The van der Waals surface area contributed by atoms with Crippen molar-refractivity contribution >= 4 is 69.0 Å². The Morgan fingerprint density at radius 3 is 2.40 bits per heavy atom. The lowest BCUT2D eigenvalue weighted by Crippen LogP contribution is -3.00. The fraction of sp³-hybridized carbons (Fsp3) is 0.424. The number of benzene rings is 1. The third-order valence-corrected chi connectivity index (χ3v) is 13.0.